The summed E-state index contributed by atoms with van der Waals surface area (Å²) >= 11 is 0. The standard InChI is InChI=1S/C59H108O6/c1-4-7-10-13-16-19-22-25-28-29-30-32-34-37-40-43-46-49-52-58(61)64-55-56(54-63-57(60)51-48-45-42-39-36-33-27-24-21-18-15-12-9-6-3)65-59(62)53-50-47-44-41-38-35-31-26-23-20-17-14-11-8-5-2/h8,11,14,17,20,23,56H,4-7,9-10,12-13,15-16,18-19,21-22,24-55H2,1-3H3/b11-8-,17-14-,23-20-. The third-order valence-corrected chi connectivity index (χ3v) is 12.7. The first-order chi connectivity index (χ1) is 32.0. The lowest BCUT2D eigenvalue weighted by molar-refractivity contribution is -0.167. The van der Waals surface area contributed by atoms with Gasteiger partial charge in [-0.1, -0.05) is 282 Å². The molecule has 0 saturated heterocycles. The van der Waals surface area contributed by atoms with Crippen molar-refractivity contribution in [3.63, 3.8) is 0 Å². The van der Waals surface area contributed by atoms with Gasteiger partial charge in [0.05, 0.1) is 0 Å². The Morgan fingerprint density at radius 1 is 0.323 bits per heavy atom. The van der Waals surface area contributed by atoms with Gasteiger partial charge < -0.3 is 14.2 Å². The van der Waals surface area contributed by atoms with Crippen molar-refractivity contribution in [1.82, 2.24) is 0 Å². The minimum Gasteiger partial charge on any atom is -0.462 e. The minimum atomic E-state index is -0.774. The van der Waals surface area contributed by atoms with Crippen molar-refractivity contribution < 1.29 is 28.6 Å². The van der Waals surface area contributed by atoms with Crippen LogP contribution in [0.3, 0.4) is 0 Å². The molecule has 6 nitrogen and oxygen atoms in total. The van der Waals surface area contributed by atoms with Crippen LogP contribution >= 0.6 is 0 Å². The Bertz CT molecular complexity index is 1090. The lowest BCUT2D eigenvalue weighted by atomic mass is 10.0. The van der Waals surface area contributed by atoms with E-state index in [1.165, 1.54) is 193 Å². The van der Waals surface area contributed by atoms with Crippen LogP contribution in [-0.2, 0) is 28.6 Å². The number of ether oxygens (including phenoxy) is 3. The highest BCUT2D eigenvalue weighted by atomic mass is 16.6. The van der Waals surface area contributed by atoms with Crippen LogP contribution in [0, 0.1) is 0 Å². The quantitative estimate of drug-likeness (QED) is 0.0262. The molecule has 65 heavy (non-hydrogen) atoms. The third kappa shape index (κ3) is 52.5. The molecule has 0 aromatic rings. The van der Waals surface area contributed by atoms with Crippen LogP contribution in [0.15, 0.2) is 36.5 Å². The molecule has 1 unspecified atom stereocenters. The van der Waals surface area contributed by atoms with Gasteiger partial charge in [-0.15, -0.1) is 0 Å². The van der Waals surface area contributed by atoms with Gasteiger partial charge in [-0.3, -0.25) is 14.4 Å². The van der Waals surface area contributed by atoms with Gasteiger partial charge in [0.15, 0.2) is 6.10 Å². The number of unbranched alkanes of at least 4 members (excludes halogenated alkanes) is 37. The first-order valence-electron chi connectivity index (χ1n) is 28.5. The second-order valence-electron chi connectivity index (χ2n) is 19.2. The summed E-state index contributed by atoms with van der Waals surface area (Å²) in [5.41, 5.74) is 0. The molecule has 0 saturated carbocycles. The molecule has 0 aromatic carbocycles. The lowest BCUT2D eigenvalue weighted by Crippen LogP contribution is -2.30. The van der Waals surface area contributed by atoms with E-state index in [2.05, 4.69) is 57.2 Å². The van der Waals surface area contributed by atoms with E-state index in [0.717, 1.165) is 70.6 Å². The van der Waals surface area contributed by atoms with Crippen molar-refractivity contribution >= 4 is 17.9 Å². The predicted molar refractivity (Wildman–Crippen MR) is 279 cm³/mol. The first kappa shape index (κ1) is 62.6. The summed E-state index contributed by atoms with van der Waals surface area (Å²) in [5.74, 6) is -0.865. The second-order valence-corrected chi connectivity index (χ2v) is 19.2. The van der Waals surface area contributed by atoms with Crippen molar-refractivity contribution in [2.75, 3.05) is 13.2 Å². The molecule has 0 fully saturated rings. The summed E-state index contributed by atoms with van der Waals surface area (Å²) in [7, 11) is 0. The van der Waals surface area contributed by atoms with Crippen molar-refractivity contribution in [3.8, 4) is 0 Å². The van der Waals surface area contributed by atoms with Crippen LogP contribution in [-0.4, -0.2) is 37.2 Å². The number of esters is 3. The van der Waals surface area contributed by atoms with E-state index >= 15 is 0 Å². The highest BCUT2D eigenvalue weighted by Gasteiger charge is 2.19. The molecule has 0 bridgehead atoms. The number of rotatable bonds is 52. The van der Waals surface area contributed by atoms with Crippen molar-refractivity contribution in [1.29, 1.82) is 0 Å². The molecule has 0 N–H and O–H groups in total. The summed E-state index contributed by atoms with van der Waals surface area (Å²) in [6, 6.07) is 0. The van der Waals surface area contributed by atoms with Gasteiger partial charge in [0.25, 0.3) is 0 Å². The Morgan fingerprint density at radius 3 is 0.923 bits per heavy atom. The fourth-order valence-corrected chi connectivity index (χ4v) is 8.45. The highest BCUT2D eigenvalue weighted by molar-refractivity contribution is 5.71. The van der Waals surface area contributed by atoms with Gasteiger partial charge in [0.2, 0.25) is 0 Å². The van der Waals surface area contributed by atoms with Crippen molar-refractivity contribution in [3.05, 3.63) is 36.5 Å². The maximum Gasteiger partial charge on any atom is 0.306 e. The molecule has 6 heteroatoms. The van der Waals surface area contributed by atoms with Gasteiger partial charge in [-0.2, -0.15) is 0 Å². The SMILES string of the molecule is CC\C=C/C=C\C=C/CCCCCCCCCC(=O)OC(COC(=O)CCCCCCCCCCCCCCCC)COC(=O)CCCCCCCCCCCCCCCCCCCC. The molecule has 1 atom stereocenters. The zero-order valence-corrected chi connectivity index (χ0v) is 43.5. The van der Waals surface area contributed by atoms with Crippen LogP contribution in [0.4, 0.5) is 0 Å². The zero-order valence-electron chi connectivity index (χ0n) is 43.5. The van der Waals surface area contributed by atoms with Gasteiger partial charge in [0.1, 0.15) is 13.2 Å². The minimum absolute atomic E-state index is 0.0723. The third-order valence-electron chi connectivity index (χ3n) is 12.7. The Hall–Kier alpha value is -2.37. The first-order valence-corrected chi connectivity index (χ1v) is 28.5. The monoisotopic (exact) mass is 913 g/mol. The van der Waals surface area contributed by atoms with E-state index in [1.807, 2.05) is 0 Å². The molecule has 0 rings (SSSR count). The fraction of sp³-hybridized carbons (Fsp3) is 0.847. The van der Waals surface area contributed by atoms with Crippen LogP contribution in [0.25, 0.3) is 0 Å². The van der Waals surface area contributed by atoms with E-state index in [-0.39, 0.29) is 31.1 Å². The molecule has 0 aliphatic heterocycles. The molecule has 0 amide bonds. The molecule has 0 radical (unpaired) electrons. The molecule has 0 aromatic heterocycles. The number of carbonyl (C=O) groups is 3. The van der Waals surface area contributed by atoms with E-state index in [9.17, 15) is 14.4 Å². The summed E-state index contributed by atoms with van der Waals surface area (Å²) in [6.45, 7) is 6.55. The Labute approximate surface area is 404 Å². The normalized spacial score (nSPS) is 12.2. The fourth-order valence-electron chi connectivity index (χ4n) is 8.45. The summed E-state index contributed by atoms with van der Waals surface area (Å²) in [4.78, 5) is 38.1. The Balaban J connectivity index is 4.32. The zero-order chi connectivity index (χ0) is 47.2. The van der Waals surface area contributed by atoms with Gasteiger partial charge in [-0.05, 0) is 38.5 Å². The lowest BCUT2D eigenvalue weighted by Gasteiger charge is -2.18. The van der Waals surface area contributed by atoms with E-state index in [0.29, 0.717) is 19.3 Å². The topological polar surface area (TPSA) is 78.9 Å². The van der Waals surface area contributed by atoms with Crippen LogP contribution in [0.5, 0.6) is 0 Å². The summed E-state index contributed by atoms with van der Waals surface area (Å²) < 4.78 is 16.9. The van der Waals surface area contributed by atoms with E-state index in [1.54, 1.807) is 0 Å². The summed E-state index contributed by atoms with van der Waals surface area (Å²) in [6.07, 6.45) is 64.2. The number of allylic oxidation sites excluding steroid dienone is 6. The largest absolute Gasteiger partial charge is 0.462 e. The molecule has 0 spiro atoms. The molecular formula is C59H108O6. The van der Waals surface area contributed by atoms with Crippen molar-refractivity contribution in [2.45, 2.75) is 309 Å². The predicted octanol–water partition coefficient (Wildman–Crippen LogP) is 18.9. The Morgan fingerprint density at radius 2 is 0.600 bits per heavy atom. The van der Waals surface area contributed by atoms with Crippen LogP contribution < -0.4 is 0 Å². The van der Waals surface area contributed by atoms with Gasteiger partial charge in [-0.25, -0.2) is 0 Å². The van der Waals surface area contributed by atoms with Crippen molar-refractivity contribution in [2.24, 2.45) is 0 Å². The number of carbonyl (C=O) groups excluding carboxylic acids is 3. The van der Waals surface area contributed by atoms with Crippen LogP contribution in [0.1, 0.15) is 303 Å². The number of hydrogen-bond donors (Lipinski definition) is 0. The highest BCUT2D eigenvalue weighted by Crippen LogP contribution is 2.17. The molecule has 0 heterocycles. The second kappa shape index (κ2) is 54.2. The van der Waals surface area contributed by atoms with Gasteiger partial charge in [0, 0.05) is 19.3 Å². The van der Waals surface area contributed by atoms with Gasteiger partial charge >= 0.3 is 17.9 Å². The smallest absolute Gasteiger partial charge is 0.306 e. The number of hydrogen-bond acceptors (Lipinski definition) is 6. The Kier molecular flexibility index (Phi) is 52.3. The molecule has 0 aliphatic rings. The molecule has 380 valence electrons. The average molecular weight is 914 g/mol. The van der Waals surface area contributed by atoms with E-state index in [4.69, 9.17) is 14.2 Å². The van der Waals surface area contributed by atoms with Crippen LogP contribution in [0.2, 0.25) is 0 Å². The maximum atomic E-state index is 12.8. The summed E-state index contributed by atoms with van der Waals surface area (Å²) in [5, 5.41) is 0. The maximum absolute atomic E-state index is 12.8. The average Bonchev–Trinajstić information content (AvgIpc) is 3.30. The molecule has 0 aliphatic carbocycles. The molecular weight excluding hydrogens is 805 g/mol. The van der Waals surface area contributed by atoms with E-state index < -0.39 is 6.10 Å².